The molecule has 2 rings (SSSR count). The summed E-state index contributed by atoms with van der Waals surface area (Å²) in [5, 5.41) is 0.320. The Hall–Kier alpha value is -1.13. The van der Waals surface area contributed by atoms with Crippen molar-refractivity contribution in [1.82, 2.24) is 4.37 Å². The van der Waals surface area contributed by atoms with Crippen LogP contribution in [0.5, 0.6) is 0 Å². The second kappa shape index (κ2) is 3.55. The molecule has 0 spiro atoms. The summed E-state index contributed by atoms with van der Waals surface area (Å²) in [6.45, 7) is 0. The molecule has 0 unspecified atom stereocenters. The number of halogens is 2. The van der Waals surface area contributed by atoms with Crippen molar-refractivity contribution in [2.45, 2.75) is 0 Å². The van der Waals surface area contributed by atoms with Gasteiger partial charge in [0.25, 0.3) is 0 Å². The van der Waals surface area contributed by atoms with E-state index in [1.807, 2.05) is 0 Å². The van der Waals surface area contributed by atoms with Crippen molar-refractivity contribution in [3.63, 3.8) is 0 Å². The molecule has 2 aromatic rings. The molecule has 0 atom stereocenters. The van der Waals surface area contributed by atoms with Crippen LogP contribution in [0.2, 0.25) is 5.02 Å². The molecular weight excluding hydrogens is 223 g/mol. The van der Waals surface area contributed by atoms with Crippen LogP contribution in [0.25, 0.3) is 10.4 Å². The Balaban J connectivity index is 2.60. The minimum atomic E-state index is -0.321. The summed E-state index contributed by atoms with van der Waals surface area (Å²) in [6, 6.07) is 6.39. The highest BCUT2D eigenvalue weighted by molar-refractivity contribution is 7.10. The van der Waals surface area contributed by atoms with Crippen LogP contribution in [0.3, 0.4) is 0 Å². The molecule has 0 aliphatic heterocycles. The SMILES string of the molecule is Nc1nsc(-c2ccccc2F)c1Cl. The maximum atomic E-state index is 13.3. The van der Waals surface area contributed by atoms with Crippen LogP contribution < -0.4 is 5.73 Å². The fourth-order valence-electron chi connectivity index (χ4n) is 1.10. The zero-order valence-corrected chi connectivity index (χ0v) is 8.57. The fourth-order valence-corrected chi connectivity index (χ4v) is 2.13. The molecule has 0 amide bonds. The van der Waals surface area contributed by atoms with Gasteiger partial charge in [-0.2, -0.15) is 4.37 Å². The predicted molar refractivity (Wildman–Crippen MR) is 56.9 cm³/mol. The van der Waals surface area contributed by atoms with E-state index in [9.17, 15) is 4.39 Å². The van der Waals surface area contributed by atoms with Crippen molar-refractivity contribution in [2.75, 3.05) is 5.73 Å². The summed E-state index contributed by atoms with van der Waals surface area (Å²) in [6.07, 6.45) is 0. The van der Waals surface area contributed by atoms with Gasteiger partial charge in [-0.15, -0.1) is 0 Å². The Bertz CT molecular complexity index is 470. The highest BCUT2D eigenvalue weighted by Crippen LogP contribution is 2.36. The zero-order chi connectivity index (χ0) is 10.1. The first kappa shape index (κ1) is 9.43. The van der Waals surface area contributed by atoms with Crippen molar-refractivity contribution >= 4 is 29.0 Å². The van der Waals surface area contributed by atoms with E-state index < -0.39 is 0 Å². The molecule has 2 N–H and O–H groups in total. The normalized spacial score (nSPS) is 10.4. The van der Waals surface area contributed by atoms with Gasteiger partial charge < -0.3 is 5.73 Å². The molecule has 0 aliphatic carbocycles. The second-order valence-electron chi connectivity index (χ2n) is 2.69. The number of aromatic nitrogens is 1. The standard InChI is InChI=1S/C9H6ClFN2S/c10-7-8(14-13-9(7)12)5-3-1-2-4-6(5)11/h1-4H,(H2,12,13). The van der Waals surface area contributed by atoms with Gasteiger partial charge in [0.05, 0.1) is 4.88 Å². The molecule has 0 saturated heterocycles. The third-order valence-electron chi connectivity index (χ3n) is 1.78. The first-order valence-corrected chi connectivity index (χ1v) is 5.01. The lowest BCUT2D eigenvalue weighted by molar-refractivity contribution is 0.632. The fraction of sp³-hybridized carbons (Fsp3) is 0. The third kappa shape index (κ3) is 1.47. The smallest absolute Gasteiger partial charge is 0.156 e. The van der Waals surface area contributed by atoms with Gasteiger partial charge in [-0.25, -0.2) is 4.39 Å². The lowest BCUT2D eigenvalue weighted by Crippen LogP contribution is -1.84. The third-order valence-corrected chi connectivity index (χ3v) is 3.17. The molecule has 2 nitrogen and oxygen atoms in total. The number of nitrogens with zero attached hydrogens (tertiary/aromatic N) is 1. The lowest BCUT2D eigenvalue weighted by Gasteiger charge is -1.98. The molecule has 0 radical (unpaired) electrons. The van der Waals surface area contributed by atoms with Crippen LogP contribution in [-0.2, 0) is 0 Å². The summed E-state index contributed by atoms with van der Waals surface area (Å²) in [5.41, 5.74) is 5.91. The Kier molecular flexibility index (Phi) is 2.39. The highest BCUT2D eigenvalue weighted by Gasteiger charge is 2.13. The molecule has 5 heteroatoms. The van der Waals surface area contributed by atoms with Gasteiger partial charge in [0, 0.05) is 5.56 Å². The first-order chi connectivity index (χ1) is 6.70. The number of hydrogen-bond donors (Lipinski definition) is 1. The molecule has 0 fully saturated rings. The van der Waals surface area contributed by atoms with Crippen LogP contribution in [0.4, 0.5) is 10.2 Å². The summed E-state index contributed by atoms with van der Waals surface area (Å²) in [4.78, 5) is 0.572. The van der Waals surface area contributed by atoms with E-state index in [0.717, 1.165) is 11.5 Å². The Morgan fingerprint density at radius 1 is 1.36 bits per heavy atom. The largest absolute Gasteiger partial charge is 0.382 e. The number of hydrogen-bond acceptors (Lipinski definition) is 3. The average molecular weight is 229 g/mol. The number of benzene rings is 1. The number of nitrogens with two attached hydrogens (primary N) is 1. The summed E-state index contributed by atoms with van der Waals surface area (Å²) in [5.74, 6) is -0.0760. The van der Waals surface area contributed by atoms with Gasteiger partial charge in [-0.3, -0.25) is 0 Å². The van der Waals surface area contributed by atoms with Crippen molar-refractivity contribution in [3.8, 4) is 10.4 Å². The van der Waals surface area contributed by atoms with Gasteiger partial charge in [-0.1, -0.05) is 29.8 Å². The molecule has 0 bridgehead atoms. The molecule has 14 heavy (non-hydrogen) atoms. The van der Waals surface area contributed by atoms with Crippen molar-refractivity contribution < 1.29 is 4.39 Å². The predicted octanol–water partition coefficient (Wildman–Crippen LogP) is 3.18. The number of nitrogen functional groups attached to an aromatic ring is 1. The van der Waals surface area contributed by atoms with Crippen LogP contribution in [0.1, 0.15) is 0 Å². The van der Waals surface area contributed by atoms with E-state index in [2.05, 4.69) is 4.37 Å². The van der Waals surface area contributed by atoms with E-state index in [1.165, 1.54) is 6.07 Å². The number of rotatable bonds is 1. The van der Waals surface area contributed by atoms with E-state index in [1.54, 1.807) is 18.2 Å². The molecule has 1 heterocycles. The van der Waals surface area contributed by atoms with Gasteiger partial charge in [0.1, 0.15) is 10.8 Å². The summed E-state index contributed by atoms with van der Waals surface area (Å²) >= 11 is 6.97. The summed E-state index contributed by atoms with van der Waals surface area (Å²) < 4.78 is 17.2. The molecule has 72 valence electrons. The van der Waals surface area contributed by atoms with Gasteiger partial charge in [0.15, 0.2) is 5.82 Å². The quantitative estimate of drug-likeness (QED) is 0.814. The zero-order valence-electron chi connectivity index (χ0n) is 7.00. The highest BCUT2D eigenvalue weighted by atomic mass is 35.5. The van der Waals surface area contributed by atoms with E-state index in [4.69, 9.17) is 17.3 Å². The van der Waals surface area contributed by atoms with Crippen LogP contribution >= 0.6 is 23.1 Å². The van der Waals surface area contributed by atoms with E-state index >= 15 is 0 Å². The average Bonchev–Trinajstić information content (AvgIpc) is 2.49. The molecule has 0 aliphatic rings. The molecule has 1 aromatic heterocycles. The van der Waals surface area contributed by atoms with E-state index in [0.29, 0.717) is 15.5 Å². The van der Waals surface area contributed by atoms with Gasteiger partial charge in [-0.05, 0) is 17.6 Å². The molecular formula is C9H6ClFN2S. The minimum Gasteiger partial charge on any atom is -0.382 e. The topological polar surface area (TPSA) is 38.9 Å². The second-order valence-corrected chi connectivity index (χ2v) is 3.84. The van der Waals surface area contributed by atoms with Crippen LogP contribution in [-0.4, -0.2) is 4.37 Å². The molecule has 0 saturated carbocycles. The van der Waals surface area contributed by atoms with E-state index in [-0.39, 0.29) is 11.6 Å². The Labute approximate surface area is 89.3 Å². The summed E-state index contributed by atoms with van der Waals surface area (Å²) in [7, 11) is 0. The monoisotopic (exact) mass is 228 g/mol. The first-order valence-electron chi connectivity index (χ1n) is 3.85. The van der Waals surface area contributed by atoms with Crippen molar-refractivity contribution in [1.29, 1.82) is 0 Å². The Morgan fingerprint density at radius 3 is 2.64 bits per heavy atom. The number of anilines is 1. The molecule has 1 aromatic carbocycles. The van der Waals surface area contributed by atoms with Crippen molar-refractivity contribution in [2.24, 2.45) is 0 Å². The van der Waals surface area contributed by atoms with Gasteiger partial charge >= 0.3 is 0 Å². The maximum absolute atomic E-state index is 13.3. The van der Waals surface area contributed by atoms with Gasteiger partial charge in [0.2, 0.25) is 0 Å². The maximum Gasteiger partial charge on any atom is 0.156 e. The minimum absolute atomic E-state index is 0.245. The van der Waals surface area contributed by atoms with Crippen LogP contribution in [0.15, 0.2) is 24.3 Å². The van der Waals surface area contributed by atoms with Crippen LogP contribution in [0, 0.1) is 5.82 Å². The lowest BCUT2D eigenvalue weighted by atomic mass is 10.2. The van der Waals surface area contributed by atoms with Crippen molar-refractivity contribution in [3.05, 3.63) is 35.1 Å². The Morgan fingerprint density at radius 2 is 2.07 bits per heavy atom.